The molecule has 9 heteroatoms. The summed E-state index contributed by atoms with van der Waals surface area (Å²) >= 11 is 0. The number of nitro benzene ring substituents is 1. The van der Waals surface area contributed by atoms with E-state index in [1.807, 2.05) is 0 Å². The summed E-state index contributed by atoms with van der Waals surface area (Å²) < 4.78 is 38.7. The zero-order valence-corrected chi connectivity index (χ0v) is 11.7. The molecular formula is C13H14F3N3O3. The van der Waals surface area contributed by atoms with Crippen molar-refractivity contribution in [2.24, 2.45) is 0 Å². The van der Waals surface area contributed by atoms with Gasteiger partial charge in [0.05, 0.1) is 4.92 Å². The van der Waals surface area contributed by atoms with E-state index in [2.05, 4.69) is 5.32 Å². The lowest BCUT2D eigenvalue weighted by Gasteiger charge is -2.17. The van der Waals surface area contributed by atoms with Gasteiger partial charge >= 0.3 is 6.18 Å². The number of benzene rings is 1. The van der Waals surface area contributed by atoms with E-state index in [1.165, 1.54) is 13.0 Å². The number of halogens is 3. The maximum absolute atomic E-state index is 12.9. The van der Waals surface area contributed by atoms with Crippen LogP contribution in [0.5, 0.6) is 0 Å². The van der Waals surface area contributed by atoms with Crippen LogP contribution in [-0.4, -0.2) is 34.9 Å². The number of likely N-dealkylation sites (tertiary alicyclic amines) is 1. The molecule has 1 N–H and O–H groups in total. The SMILES string of the molecule is CC(=O)N1CCC(Nc2ccc([N+](=O)[O-])c(C(F)(F)F)c2)C1. The summed E-state index contributed by atoms with van der Waals surface area (Å²) in [7, 11) is 0. The second-order valence-corrected chi connectivity index (χ2v) is 5.08. The summed E-state index contributed by atoms with van der Waals surface area (Å²) in [6.45, 7) is 2.36. The highest BCUT2D eigenvalue weighted by Gasteiger charge is 2.38. The number of rotatable bonds is 3. The molecule has 1 atom stereocenters. The minimum Gasteiger partial charge on any atom is -0.380 e. The molecule has 0 aromatic heterocycles. The number of carbonyl (C=O) groups is 1. The first-order valence-electron chi connectivity index (χ1n) is 6.56. The van der Waals surface area contributed by atoms with Crippen LogP contribution in [0.15, 0.2) is 18.2 Å². The summed E-state index contributed by atoms with van der Waals surface area (Å²) in [5.74, 6) is -0.0935. The number of nitrogens with one attached hydrogen (secondary N) is 1. The predicted octanol–water partition coefficient (Wildman–Crippen LogP) is 2.65. The van der Waals surface area contributed by atoms with Gasteiger partial charge in [-0.25, -0.2) is 0 Å². The molecule has 120 valence electrons. The first-order chi connectivity index (χ1) is 10.2. The second kappa shape index (κ2) is 5.82. The van der Waals surface area contributed by atoms with E-state index in [9.17, 15) is 28.1 Å². The number of amides is 1. The van der Waals surface area contributed by atoms with Gasteiger partial charge in [-0.3, -0.25) is 14.9 Å². The van der Waals surface area contributed by atoms with Crippen molar-refractivity contribution < 1.29 is 22.9 Å². The monoisotopic (exact) mass is 317 g/mol. The molecule has 1 heterocycles. The van der Waals surface area contributed by atoms with Crippen LogP contribution in [0.25, 0.3) is 0 Å². The molecule has 1 aromatic carbocycles. The Kier molecular flexibility index (Phi) is 4.25. The molecule has 0 bridgehead atoms. The summed E-state index contributed by atoms with van der Waals surface area (Å²) in [6, 6.07) is 2.63. The summed E-state index contributed by atoms with van der Waals surface area (Å²) in [4.78, 5) is 22.4. The molecule has 0 spiro atoms. The standard InChI is InChI=1S/C13H14F3N3O3/c1-8(20)18-5-4-10(7-18)17-9-2-3-12(19(21)22)11(6-9)13(14,15)16/h2-3,6,10,17H,4-5,7H2,1H3. The molecule has 22 heavy (non-hydrogen) atoms. The van der Waals surface area contributed by atoms with Gasteiger partial charge in [-0.05, 0) is 18.6 Å². The molecule has 1 saturated heterocycles. The molecule has 1 aliphatic heterocycles. The van der Waals surface area contributed by atoms with Crippen molar-refractivity contribution >= 4 is 17.3 Å². The van der Waals surface area contributed by atoms with E-state index >= 15 is 0 Å². The second-order valence-electron chi connectivity index (χ2n) is 5.08. The zero-order valence-electron chi connectivity index (χ0n) is 11.7. The van der Waals surface area contributed by atoms with Gasteiger partial charge in [-0.1, -0.05) is 0 Å². The van der Waals surface area contributed by atoms with E-state index in [0.29, 0.717) is 19.5 Å². The molecule has 0 saturated carbocycles. The first kappa shape index (κ1) is 16.1. The van der Waals surface area contributed by atoms with Gasteiger partial charge in [0.2, 0.25) is 5.91 Å². The fourth-order valence-corrected chi connectivity index (χ4v) is 2.41. The largest absolute Gasteiger partial charge is 0.423 e. The van der Waals surface area contributed by atoms with Crippen LogP contribution in [0.1, 0.15) is 18.9 Å². The van der Waals surface area contributed by atoms with Crippen LogP contribution in [0.3, 0.4) is 0 Å². The van der Waals surface area contributed by atoms with Crippen molar-refractivity contribution in [1.29, 1.82) is 0 Å². The van der Waals surface area contributed by atoms with Crippen molar-refractivity contribution in [3.8, 4) is 0 Å². The number of alkyl halides is 3. The molecule has 1 amide bonds. The molecule has 1 aromatic rings. The third-order valence-electron chi connectivity index (χ3n) is 3.50. The summed E-state index contributed by atoms with van der Waals surface area (Å²) in [6.07, 6.45) is -4.20. The quantitative estimate of drug-likeness (QED) is 0.687. The van der Waals surface area contributed by atoms with Gasteiger partial charge < -0.3 is 10.2 Å². The lowest BCUT2D eigenvalue weighted by atomic mass is 10.1. The molecular weight excluding hydrogens is 303 g/mol. The highest BCUT2D eigenvalue weighted by molar-refractivity contribution is 5.73. The van der Waals surface area contributed by atoms with Gasteiger partial charge in [-0.2, -0.15) is 13.2 Å². The third-order valence-corrected chi connectivity index (χ3v) is 3.50. The van der Waals surface area contributed by atoms with E-state index in [1.54, 1.807) is 4.90 Å². The Morgan fingerprint density at radius 1 is 1.45 bits per heavy atom. The lowest BCUT2D eigenvalue weighted by Crippen LogP contribution is -2.29. The van der Waals surface area contributed by atoms with Gasteiger partial charge in [0.1, 0.15) is 5.56 Å². The third kappa shape index (κ3) is 3.46. The Labute approximate surface area is 124 Å². The zero-order chi connectivity index (χ0) is 16.5. The van der Waals surface area contributed by atoms with Crippen LogP contribution < -0.4 is 5.32 Å². The van der Waals surface area contributed by atoms with Crippen molar-refractivity contribution in [3.05, 3.63) is 33.9 Å². The summed E-state index contributed by atoms with van der Waals surface area (Å²) in [5, 5.41) is 13.6. The molecule has 1 fully saturated rings. The van der Waals surface area contributed by atoms with Crippen molar-refractivity contribution in [2.45, 2.75) is 25.6 Å². The maximum atomic E-state index is 12.9. The minimum absolute atomic E-state index is 0.0935. The highest BCUT2D eigenvalue weighted by Crippen LogP contribution is 2.37. The Balaban J connectivity index is 2.20. The van der Waals surface area contributed by atoms with E-state index in [4.69, 9.17) is 0 Å². The van der Waals surface area contributed by atoms with Gasteiger partial charge in [-0.15, -0.1) is 0 Å². The number of nitrogens with zero attached hydrogens (tertiary/aromatic N) is 2. The predicted molar refractivity (Wildman–Crippen MR) is 72.4 cm³/mol. The highest BCUT2D eigenvalue weighted by atomic mass is 19.4. The number of hydrogen-bond donors (Lipinski definition) is 1. The number of carbonyl (C=O) groups excluding carboxylic acids is 1. The topological polar surface area (TPSA) is 75.5 Å². The number of nitro groups is 1. The molecule has 6 nitrogen and oxygen atoms in total. The van der Waals surface area contributed by atoms with E-state index in [0.717, 1.165) is 12.1 Å². The van der Waals surface area contributed by atoms with Crippen LogP contribution in [0, 0.1) is 10.1 Å². The van der Waals surface area contributed by atoms with Crippen LogP contribution in [0.4, 0.5) is 24.5 Å². The van der Waals surface area contributed by atoms with Crippen molar-refractivity contribution in [2.75, 3.05) is 18.4 Å². The molecule has 2 rings (SSSR count). The fourth-order valence-electron chi connectivity index (χ4n) is 2.41. The molecule has 1 unspecified atom stereocenters. The Morgan fingerprint density at radius 2 is 2.14 bits per heavy atom. The number of hydrogen-bond acceptors (Lipinski definition) is 4. The van der Waals surface area contributed by atoms with Crippen LogP contribution in [0.2, 0.25) is 0 Å². The smallest absolute Gasteiger partial charge is 0.380 e. The average Bonchev–Trinajstić information content (AvgIpc) is 2.86. The van der Waals surface area contributed by atoms with Crippen LogP contribution in [-0.2, 0) is 11.0 Å². The van der Waals surface area contributed by atoms with Crippen molar-refractivity contribution in [1.82, 2.24) is 4.90 Å². The Bertz CT molecular complexity index is 604. The fraction of sp³-hybridized carbons (Fsp3) is 0.462. The van der Waals surface area contributed by atoms with E-state index < -0.39 is 22.4 Å². The average molecular weight is 317 g/mol. The normalized spacial score (nSPS) is 18.4. The molecule has 0 radical (unpaired) electrons. The first-order valence-corrected chi connectivity index (χ1v) is 6.56. The van der Waals surface area contributed by atoms with Gasteiger partial charge in [0.25, 0.3) is 5.69 Å². The Hall–Kier alpha value is -2.32. The summed E-state index contributed by atoms with van der Waals surface area (Å²) in [5.41, 5.74) is -2.12. The minimum atomic E-state index is -4.80. The maximum Gasteiger partial charge on any atom is 0.423 e. The molecule has 0 aliphatic carbocycles. The molecule has 1 aliphatic rings. The van der Waals surface area contributed by atoms with Crippen LogP contribution >= 0.6 is 0 Å². The van der Waals surface area contributed by atoms with Gasteiger partial charge in [0.15, 0.2) is 0 Å². The number of anilines is 1. The lowest BCUT2D eigenvalue weighted by molar-refractivity contribution is -0.388. The van der Waals surface area contributed by atoms with Crippen molar-refractivity contribution in [3.63, 3.8) is 0 Å². The van der Waals surface area contributed by atoms with Gasteiger partial charge in [0, 0.05) is 37.8 Å². The Morgan fingerprint density at radius 3 is 2.64 bits per heavy atom. The van der Waals surface area contributed by atoms with E-state index in [-0.39, 0.29) is 17.6 Å².